The van der Waals surface area contributed by atoms with Gasteiger partial charge in [-0.1, -0.05) is 23.7 Å². The van der Waals surface area contributed by atoms with Gasteiger partial charge in [-0.2, -0.15) is 0 Å². The summed E-state index contributed by atoms with van der Waals surface area (Å²) in [5.41, 5.74) is 2.31. The van der Waals surface area contributed by atoms with E-state index in [1.807, 2.05) is 42.5 Å². The van der Waals surface area contributed by atoms with Crippen molar-refractivity contribution < 1.29 is 9.21 Å². The molecule has 0 bridgehead atoms. The third kappa shape index (κ3) is 5.09. The normalized spacial score (nSPS) is 10.4. The smallest absolute Gasteiger partial charge is 0.269 e. The van der Waals surface area contributed by atoms with E-state index in [2.05, 4.69) is 15.6 Å². The predicted octanol–water partition coefficient (Wildman–Crippen LogP) is 3.91. The van der Waals surface area contributed by atoms with E-state index in [-0.39, 0.29) is 5.91 Å². The highest BCUT2D eigenvalue weighted by atomic mass is 35.5. The molecule has 2 aromatic heterocycles. The molecule has 3 aromatic rings. The van der Waals surface area contributed by atoms with Crippen LogP contribution in [-0.2, 0) is 13.0 Å². The zero-order chi connectivity index (χ0) is 17.5. The van der Waals surface area contributed by atoms with E-state index in [0.717, 1.165) is 23.4 Å². The number of hydrogen-bond donors (Lipinski definition) is 2. The van der Waals surface area contributed by atoms with Gasteiger partial charge in [0.15, 0.2) is 0 Å². The van der Waals surface area contributed by atoms with Crippen LogP contribution in [0.2, 0.25) is 5.02 Å². The second kappa shape index (κ2) is 8.35. The molecule has 0 aliphatic heterocycles. The largest absolute Gasteiger partial charge is 0.467 e. The molecular formula is C19H18ClN3O2. The molecule has 6 heteroatoms. The van der Waals surface area contributed by atoms with E-state index in [9.17, 15) is 4.79 Å². The Balaban J connectivity index is 1.51. The first kappa shape index (κ1) is 17.0. The van der Waals surface area contributed by atoms with E-state index < -0.39 is 0 Å². The van der Waals surface area contributed by atoms with Crippen molar-refractivity contribution in [2.45, 2.75) is 13.0 Å². The Morgan fingerprint density at radius 3 is 2.76 bits per heavy atom. The van der Waals surface area contributed by atoms with Crippen molar-refractivity contribution >= 4 is 23.2 Å². The van der Waals surface area contributed by atoms with Crippen molar-refractivity contribution in [2.24, 2.45) is 0 Å². The molecule has 0 radical (unpaired) electrons. The first-order valence-corrected chi connectivity index (χ1v) is 8.33. The molecule has 0 aliphatic carbocycles. The fraction of sp³-hybridized carbons (Fsp3) is 0.158. The van der Waals surface area contributed by atoms with Crippen LogP contribution in [0, 0.1) is 0 Å². The molecule has 2 heterocycles. The van der Waals surface area contributed by atoms with Crippen LogP contribution >= 0.6 is 11.6 Å². The first-order valence-electron chi connectivity index (χ1n) is 7.96. The summed E-state index contributed by atoms with van der Waals surface area (Å²) in [7, 11) is 0. The molecule has 5 nitrogen and oxygen atoms in total. The zero-order valence-electron chi connectivity index (χ0n) is 13.5. The minimum Gasteiger partial charge on any atom is -0.467 e. The summed E-state index contributed by atoms with van der Waals surface area (Å²) in [5, 5.41) is 6.79. The summed E-state index contributed by atoms with van der Waals surface area (Å²) >= 11 is 5.86. The topological polar surface area (TPSA) is 67.2 Å². The monoisotopic (exact) mass is 355 g/mol. The lowest BCUT2D eigenvalue weighted by Gasteiger charge is -2.08. The SMILES string of the molecule is O=C(NCCc1ccc(Cl)cc1)c1cc(NCc2ccco2)ccn1. The Morgan fingerprint density at radius 1 is 1.16 bits per heavy atom. The quantitative estimate of drug-likeness (QED) is 0.674. The number of rotatable bonds is 7. The summed E-state index contributed by atoms with van der Waals surface area (Å²) in [6, 6.07) is 14.8. The molecule has 0 fully saturated rings. The van der Waals surface area contributed by atoms with Crippen LogP contribution in [0.1, 0.15) is 21.8 Å². The molecule has 0 aliphatic rings. The number of amides is 1. The van der Waals surface area contributed by atoms with E-state index in [1.54, 1.807) is 18.5 Å². The average Bonchev–Trinajstić information content (AvgIpc) is 3.15. The lowest BCUT2D eigenvalue weighted by molar-refractivity contribution is 0.0949. The lowest BCUT2D eigenvalue weighted by atomic mass is 10.1. The molecule has 1 aromatic carbocycles. The van der Waals surface area contributed by atoms with Crippen LogP contribution in [0.5, 0.6) is 0 Å². The van der Waals surface area contributed by atoms with Crippen LogP contribution in [0.4, 0.5) is 5.69 Å². The molecule has 2 N–H and O–H groups in total. The van der Waals surface area contributed by atoms with Gasteiger partial charge < -0.3 is 15.1 Å². The van der Waals surface area contributed by atoms with E-state index in [4.69, 9.17) is 16.0 Å². The highest BCUT2D eigenvalue weighted by molar-refractivity contribution is 6.30. The number of halogens is 1. The number of furan rings is 1. The molecule has 0 unspecified atom stereocenters. The predicted molar refractivity (Wildman–Crippen MR) is 97.8 cm³/mol. The van der Waals surface area contributed by atoms with Crippen molar-refractivity contribution in [1.82, 2.24) is 10.3 Å². The number of nitrogens with one attached hydrogen (secondary N) is 2. The average molecular weight is 356 g/mol. The fourth-order valence-electron chi connectivity index (χ4n) is 2.33. The standard InChI is InChI=1S/C19H18ClN3O2/c20-15-5-3-14(4-6-15)7-9-22-19(24)18-12-16(8-10-21-18)23-13-17-2-1-11-25-17/h1-6,8,10-12H,7,9,13H2,(H,21,23)(H,22,24). The zero-order valence-corrected chi connectivity index (χ0v) is 14.3. The summed E-state index contributed by atoms with van der Waals surface area (Å²) in [4.78, 5) is 16.4. The van der Waals surface area contributed by atoms with Gasteiger partial charge in [0.25, 0.3) is 5.91 Å². The van der Waals surface area contributed by atoms with E-state index in [1.165, 1.54) is 0 Å². The van der Waals surface area contributed by atoms with Gasteiger partial charge in [-0.05, 0) is 48.4 Å². The Morgan fingerprint density at radius 2 is 2.00 bits per heavy atom. The molecule has 1 amide bonds. The third-order valence-electron chi connectivity index (χ3n) is 3.65. The van der Waals surface area contributed by atoms with Crippen LogP contribution in [0.25, 0.3) is 0 Å². The Kier molecular flexibility index (Phi) is 5.69. The number of hydrogen-bond acceptors (Lipinski definition) is 4. The molecule has 128 valence electrons. The fourth-order valence-corrected chi connectivity index (χ4v) is 2.46. The van der Waals surface area contributed by atoms with Crippen LogP contribution < -0.4 is 10.6 Å². The first-order chi connectivity index (χ1) is 12.2. The van der Waals surface area contributed by atoms with Gasteiger partial charge in [0.05, 0.1) is 12.8 Å². The summed E-state index contributed by atoms with van der Waals surface area (Å²) in [5.74, 6) is 0.626. The van der Waals surface area contributed by atoms with Crippen LogP contribution in [0.3, 0.4) is 0 Å². The number of pyridine rings is 1. The molecular weight excluding hydrogens is 338 g/mol. The van der Waals surface area contributed by atoms with Gasteiger partial charge in [-0.3, -0.25) is 9.78 Å². The summed E-state index contributed by atoms with van der Waals surface area (Å²) in [6.45, 7) is 1.08. The Labute approximate surface area is 151 Å². The van der Waals surface area contributed by atoms with Crippen LogP contribution in [-0.4, -0.2) is 17.4 Å². The van der Waals surface area contributed by atoms with Crippen molar-refractivity contribution in [3.8, 4) is 0 Å². The van der Waals surface area contributed by atoms with Gasteiger partial charge in [-0.25, -0.2) is 0 Å². The highest BCUT2D eigenvalue weighted by Gasteiger charge is 2.08. The minimum atomic E-state index is -0.199. The van der Waals surface area contributed by atoms with E-state index >= 15 is 0 Å². The van der Waals surface area contributed by atoms with Gasteiger partial charge in [0.1, 0.15) is 11.5 Å². The maximum atomic E-state index is 12.2. The van der Waals surface area contributed by atoms with Gasteiger partial charge >= 0.3 is 0 Å². The highest BCUT2D eigenvalue weighted by Crippen LogP contribution is 2.11. The van der Waals surface area contributed by atoms with Gasteiger partial charge in [0.2, 0.25) is 0 Å². The Bertz CT molecular complexity index is 817. The van der Waals surface area contributed by atoms with Crippen molar-refractivity contribution in [3.63, 3.8) is 0 Å². The number of carbonyl (C=O) groups excluding carboxylic acids is 1. The number of aromatic nitrogens is 1. The molecule has 0 atom stereocenters. The number of carbonyl (C=O) groups is 1. The van der Waals surface area contributed by atoms with Crippen molar-refractivity contribution in [2.75, 3.05) is 11.9 Å². The molecule has 0 spiro atoms. The lowest BCUT2D eigenvalue weighted by Crippen LogP contribution is -2.26. The maximum Gasteiger partial charge on any atom is 0.269 e. The van der Waals surface area contributed by atoms with E-state index in [0.29, 0.717) is 23.8 Å². The number of benzene rings is 1. The van der Waals surface area contributed by atoms with Gasteiger partial charge in [0, 0.05) is 23.5 Å². The number of nitrogens with zero attached hydrogens (tertiary/aromatic N) is 1. The molecule has 0 saturated heterocycles. The van der Waals surface area contributed by atoms with Crippen molar-refractivity contribution in [1.29, 1.82) is 0 Å². The van der Waals surface area contributed by atoms with Crippen LogP contribution in [0.15, 0.2) is 65.4 Å². The van der Waals surface area contributed by atoms with Crippen molar-refractivity contribution in [3.05, 3.63) is 83.0 Å². The second-order valence-electron chi connectivity index (χ2n) is 5.50. The molecule has 0 saturated carbocycles. The minimum absolute atomic E-state index is 0.199. The molecule has 3 rings (SSSR count). The van der Waals surface area contributed by atoms with Gasteiger partial charge in [-0.15, -0.1) is 0 Å². The summed E-state index contributed by atoms with van der Waals surface area (Å²) < 4.78 is 5.27. The maximum absolute atomic E-state index is 12.2. The number of anilines is 1. The summed E-state index contributed by atoms with van der Waals surface area (Å²) in [6.07, 6.45) is 3.97. The second-order valence-corrected chi connectivity index (χ2v) is 5.93. The third-order valence-corrected chi connectivity index (χ3v) is 3.90. The molecule has 25 heavy (non-hydrogen) atoms. The Hall–Kier alpha value is -2.79.